The fraction of sp³-hybridized carbons (Fsp3) is 0.217. The van der Waals surface area contributed by atoms with Gasteiger partial charge in [-0.05, 0) is 35.4 Å². The summed E-state index contributed by atoms with van der Waals surface area (Å²) in [6.07, 6.45) is 1.70. The SMILES string of the molecule is CN=C(NCc1ccc(Oc2cccc(F)c2)nc1)NCc1ccc(OC)c(OC)c1.I. The van der Waals surface area contributed by atoms with Crippen molar-refractivity contribution in [2.45, 2.75) is 13.1 Å². The summed E-state index contributed by atoms with van der Waals surface area (Å²) in [4.78, 5) is 8.50. The topological polar surface area (TPSA) is 77.0 Å². The number of halogens is 2. The zero-order valence-electron chi connectivity index (χ0n) is 18.1. The molecule has 0 spiro atoms. The summed E-state index contributed by atoms with van der Waals surface area (Å²) >= 11 is 0. The molecule has 0 atom stereocenters. The number of aliphatic imine (C=N–C) groups is 1. The fourth-order valence-corrected chi connectivity index (χ4v) is 2.81. The van der Waals surface area contributed by atoms with Crippen molar-refractivity contribution in [3.05, 3.63) is 77.7 Å². The first kappa shape index (κ1) is 25.2. The molecule has 0 aliphatic rings. The second kappa shape index (κ2) is 12.7. The first-order valence-electron chi connectivity index (χ1n) is 9.65. The van der Waals surface area contributed by atoms with Gasteiger partial charge in [0.25, 0.3) is 0 Å². The lowest BCUT2D eigenvalue weighted by molar-refractivity contribution is 0.354. The van der Waals surface area contributed by atoms with E-state index in [1.54, 1.807) is 45.7 Å². The number of hydrogen-bond acceptors (Lipinski definition) is 5. The van der Waals surface area contributed by atoms with Crippen molar-refractivity contribution < 1.29 is 18.6 Å². The summed E-state index contributed by atoms with van der Waals surface area (Å²) in [5, 5.41) is 6.49. The van der Waals surface area contributed by atoms with E-state index in [2.05, 4.69) is 20.6 Å². The summed E-state index contributed by atoms with van der Waals surface area (Å²) in [6.45, 7) is 1.09. The highest BCUT2D eigenvalue weighted by atomic mass is 127. The molecule has 0 aliphatic carbocycles. The molecular formula is C23H26FIN4O3. The number of ether oxygens (including phenoxy) is 3. The standard InChI is InChI=1S/C23H25FN4O3.HI/c1-25-23(27-13-16-7-9-20(29-2)21(11-16)30-3)28-15-17-8-10-22(26-14-17)31-19-6-4-5-18(24)12-19;/h4-12,14H,13,15H2,1-3H3,(H2,25,27,28);1H. The molecule has 2 N–H and O–H groups in total. The molecule has 0 unspecified atom stereocenters. The van der Waals surface area contributed by atoms with Gasteiger partial charge in [-0.25, -0.2) is 9.37 Å². The van der Waals surface area contributed by atoms with Crippen LogP contribution in [0.25, 0.3) is 0 Å². The first-order chi connectivity index (χ1) is 15.1. The van der Waals surface area contributed by atoms with Crippen molar-refractivity contribution in [2.24, 2.45) is 4.99 Å². The third-order valence-electron chi connectivity index (χ3n) is 4.41. The van der Waals surface area contributed by atoms with Crippen LogP contribution in [0.2, 0.25) is 0 Å². The Bertz CT molecular complexity index is 1030. The maximum Gasteiger partial charge on any atom is 0.219 e. The summed E-state index contributed by atoms with van der Waals surface area (Å²) < 4.78 is 29.4. The average molecular weight is 552 g/mol. The Kier molecular flexibility index (Phi) is 9.99. The molecule has 0 saturated heterocycles. The lowest BCUT2D eigenvalue weighted by Crippen LogP contribution is -2.36. The number of guanidine groups is 1. The molecule has 0 amide bonds. The molecule has 0 saturated carbocycles. The van der Waals surface area contributed by atoms with E-state index in [9.17, 15) is 4.39 Å². The zero-order chi connectivity index (χ0) is 22.1. The van der Waals surface area contributed by atoms with Gasteiger partial charge in [-0.2, -0.15) is 0 Å². The minimum absolute atomic E-state index is 0. The largest absolute Gasteiger partial charge is 0.493 e. The highest BCUT2D eigenvalue weighted by Gasteiger charge is 2.06. The predicted octanol–water partition coefficient (Wildman–Crippen LogP) is 4.51. The number of hydrogen-bond donors (Lipinski definition) is 2. The van der Waals surface area contributed by atoms with Crippen molar-refractivity contribution in [2.75, 3.05) is 21.3 Å². The molecule has 3 aromatic rings. The minimum atomic E-state index is -0.356. The summed E-state index contributed by atoms with van der Waals surface area (Å²) in [5.74, 6) is 2.45. The molecule has 0 aliphatic heterocycles. The second-order valence-corrected chi connectivity index (χ2v) is 6.53. The Morgan fingerprint density at radius 3 is 2.28 bits per heavy atom. The number of rotatable bonds is 8. The van der Waals surface area contributed by atoms with E-state index in [-0.39, 0.29) is 29.8 Å². The van der Waals surface area contributed by atoms with Crippen LogP contribution in [-0.4, -0.2) is 32.2 Å². The molecule has 0 bridgehead atoms. The first-order valence-corrected chi connectivity index (χ1v) is 9.65. The van der Waals surface area contributed by atoms with Crippen LogP contribution in [-0.2, 0) is 13.1 Å². The van der Waals surface area contributed by atoms with Gasteiger partial charge in [-0.15, -0.1) is 24.0 Å². The number of aromatic nitrogens is 1. The molecular weight excluding hydrogens is 526 g/mol. The van der Waals surface area contributed by atoms with Crippen LogP contribution in [0.15, 0.2) is 65.8 Å². The van der Waals surface area contributed by atoms with Crippen molar-refractivity contribution in [1.29, 1.82) is 0 Å². The van der Waals surface area contributed by atoms with Crippen LogP contribution in [0.1, 0.15) is 11.1 Å². The summed E-state index contributed by atoms with van der Waals surface area (Å²) in [6, 6.07) is 15.3. The molecule has 0 radical (unpaired) electrons. The predicted molar refractivity (Wildman–Crippen MR) is 133 cm³/mol. The Hall–Kier alpha value is -3.08. The number of methoxy groups -OCH3 is 2. The summed E-state index contributed by atoms with van der Waals surface area (Å²) in [7, 11) is 4.92. The maximum atomic E-state index is 13.2. The van der Waals surface area contributed by atoms with Crippen molar-refractivity contribution in [3.63, 3.8) is 0 Å². The Morgan fingerprint density at radius 2 is 1.66 bits per heavy atom. The fourth-order valence-electron chi connectivity index (χ4n) is 2.81. The Morgan fingerprint density at radius 1 is 0.938 bits per heavy atom. The van der Waals surface area contributed by atoms with E-state index in [4.69, 9.17) is 14.2 Å². The van der Waals surface area contributed by atoms with Gasteiger partial charge in [-0.3, -0.25) is 4.99 Å². The van der Waals surface area contributed by atoms with Crippen LogP contribution >= 0.6 is 24.0 Å². The third-order valence-corrected chi connectivity index (χ3v) is 4.41. The highest BCUT2D eigenvalue weighted by molar-refractivity contribution is 14.0. The molecule has 0 fully saturated rings. The highest BCUT2D eigenvalue weighted by Crippen LogP contribution is 2.27. The van der Waals surface area contributed by atoms with Gasteiger partial charge in [0.05, 0.1) is 14.2 Å². The van der Waals surface area contributed by atoms with Gasteiger partial charge in [0.2, 0.25) is 5.88 Å². The normalized spacial score (nSPS) is 10.7. The van der Waals surface area contributed by atoms with Gasteiger partial charge in [-0.1, -0.05) is 18.2 Å². The van der Waals surface area contributed by atoms with Crippen LogP contribution in [0.3, 0.4) is 0 Å². The molecule has 9 heteroatoms. The van der Waals surface area contributed by atoms with Crippen molar-refractivity contribution >= 4 is 29.9 Å². The van der Waals surface area contributed by atoms with E-state index >= 15 is 0 Å². The maximum absolute atomic E-state index is 13.2. The van der Waals surface area contributed by atoms with Crippen LogP contribution in [0.5, 0.6) is 23.1 Å². The van der Waals surface area contributed by atoms with E-state index in [1.807, 2.05) is 24.3 Å². The molecule has 1 aromatic heterocycles. The zero-order valence-corrected chi connectivity index (χ0v) is 20.4. The summed E-state index contributed by atoms with van der Waals surface area (Å²) in [5.41, 5.74) is 1.97. The van der Waals surface area contributed by atoms with Crippen LogP contribution < -0.4 is 24.8 Å². The third kappa shape index (κ3) is 7.26. The minimum Gasteiger partial charge on any atom is -0.493 e. The van der Waals surface area contributed by atoms with E-state index in [1.165, 1.54) is 12.1 Å². The molecule has 170 valence electrons. The smallest absolute Gasteiger partial charge is 0.219 e. The quantitative estimate of drug-likeness (QED) is 0.243. The van der Waals surface area contributed by atoms with Gasteiger partial charge in [0, 0.05) is 38.5 Å². The van der Waals surface area contributed by atoms with Crippen molar-refractivity contribution in [1.82, 2.24) is 15.6 Å². The van der Waals surface area contributed by atoms with E-state index in [0.29, 0.717) is 42.2 Å². The van der Waals surface area contributed by atoms with E-state index in [0.717, 1.165) is 11.1 Å². The lowest BCUT2D eigenvalue weighted by Gasteiger charge is -2.13. The lowest BCUT2D eigenvalue weighted by atomic mass is 10.2. The second-order valence-electron chi connectivity index (χ2n) is 6.53. The Balaban J connectivity index is 0.00000363. The number of nitrogens with zero attached hydrogens (tertiary/aromatic N) is 2. The molecule has 1 heterocycles. The van der Waals surface area contributed by atoms with Gasteiger partial charge in [0.15, 0.2) is 17.5 Å². The van der Waals surface area contributed by atoms with Crippen LogP contribution in [0, 0.1) is 5.82 Å². The Labute approximate surface area is 204 Å². The van der Waals surface area contributed by atoms with Crippen LogP contribution in [0.4, 0.5) is 4.39 Å². The molecule has 2 aromatic carbocycles. The van der Waals surface area contributed by atoms with Gasteiger partial charge < -0.3 is 24.8 Å². The molecule has 7 nitrogen and oxygen atoms in total. The van der Waals surface area contributed by atoms with E-state index < -0.39 is 0 Å². The molecule has 3 rings (SSSR count). The van der Waals surface area contributed by atoms with Gasteiger partial charge in [0.1, 0.15) is 11.6 Å². The van der Waals surface area contributed by atoms with Crippen molar-refractivity contribution in [3.8, 4) is 23.1 Å². The number of nitrogens with one attached hydrogen (secondary N) is 2. The monoisotopic (exact) mass is 552 g/mol. The number of pyridine rings is 1. The molecule has 32 heavy (non-hydrogen) atoms. The number of benzene rings is 2. The average Bonchev–Trinajstić information content (AvgIpc) is 2.80. The van der Waals surface area contributed by atoms with Gasteiger partial charge >= 0.3 is 0 Å².